The molecular formula is C19H27N3O3. The van der Waals surface area contributed by atoms with Crippen molar-refractivity contribution >= 4 is 11.6 Å². The average Bonchev–Trinajstić information content (AvgIpc) is 2.56. The van der Waals surface area contributed by atoms with Gasteiger partial charge in [0, 0.05) is 0 Å². The molecule has 25 heavy (non-hydrogen) atoms. The number of hydrogen-bond acceptors (Lipinski definition) is 5. The zero-order valence-corrected chi connectivity index (χ0v) is 15.1. The van der Waals surface area contributed by atoms with E-state index in [1.807, 2.05) is 13.8 Å². The van der Waals surface area contributed by atoms with Crippen LogP contribution in [0, 0.1) is 23.2 Å². The monoisotopic (exact) mass is 345 g/mol. The van der Waals surface area contributed by atoms with Crippen molar-refractivity contribution in [2.45, 2.75) is 52.4 Å². The number of amides is 1. The minimum atomic E-state index is -0.198. The van der Waals surface area contributed by atoms with Gasteiger partial charge in [0.15, 0.2) is 0 Å². The molecule has 4 bridgehead atoms. The van der Waals surface area contributed by atoms with E-state index in [0.29, 0.717) is 24.8 Å². The Hall–Kier alpha value is -1.85. The molecule has 0 radical (unpaired) electrons. The van der Waals surface area contributed by atoms with Crippen LogP contribution >= 0.6 is 0 Å². The van der Waals surface area contributed by atoms with E-state index in [1.165, 1.54) is 19.3 Å². The highest BCUT2D eigenvalue weighted by Crippen LogP contribution is 2.60. The number of nitrogens with zero attached hydrogens (tertiary/aromatic N) is 2. The topological polar surface area (TPSA) is 73.3 Å². The third-order valence-corrected chi connectivity index (χ3v) is 6.05. The van der Waals surface area contributed by atoms with E-state index in [0.717, 1.165) is 37.0 Å². The van der Waals surface area contributed by atoms with Gasteiger partial charge in [-0.2, -0.15) is 4.98 Å². The molecule has 4 saturated carbocycles. The maximum atomic E-state index is 13.2. The summed E-state index contributed by atoms with van der Waals surface area (Å²) in [4.78, 5) is 21.6. The van der Waals surface area contributed by atoms with Crippen LogP contribution in [0.2, 0.25) is 0 Å². The SMILES string of the molecule is CCOc1ncc(NC(=O)C23CC4CC(CC(C4)C2)C3)c(OCC)n1. The molecule has 0 saturated heterocycles. The Morgan fingerprint density at radius 3 is 2.28 bits per heavy atom. The lowest BCUT2D eigenvalue weighted by molar-refractivity contribution is -0.140. The average molecular weight is 345 g/mol. The smallest absolute Gasteiger partial charge is 0.319 e. The molecule has 4 aliphatic carbocycles. The molecule has 1 aromatic heterocycles. The maximum Gasteiger partial charge on any atom is 0.319 e. The Morgan fingerprint density at radius 1 is 1.12 bits per heavy atom. The Bertz CT molecular complexity index is 626. The van der Waals surface area contributed by atoms with Crippen molar-refractivity contribution in [1.82, 2.24) is 9.97 Å². The highest BCUT2D eigenvalue weighted by molar-refractivity contribution is 5.96. The van der Waals surface area contributed by atoms with Gasteiger partial charge in [0.1, 0.15) is 5.69 Å². The van der Waals surface area contributed by atoms with Crippen molar-refractivity contribution in [2.24, 2.45) is 23.2 Å². The van der Waals surface area contributed by atoms with Crippen molar-refractivity contribution in [3.8, 4) is 11.9 Å². The molecule has 1 heterocycles. The summed E-state index contributed by atoms with van der Waals surface area (Å²) in [5, 5.41) is 3.08. The molecule has 0 spiro atoms. The lowest BCUT2D eigenvalue weighted by Gasteiger charge is -2.55. The number of carbonyl (C=O) groups excluding carboxylic acids is 1. The second kappa shape index (κ2) is 6.46. The summed E-state index contributed by atoms with van der Waals surface area (Å²) in [6.07, 6.45) is 8.67. The molecule has 1 N–H and O–H groups in total. The molecule has 0 atom stereocenters. The fraction of sp³-hybridized carbons (Fsp3) is 0.737. The number of anilines is 1. The van der Waals surface area contributed by atoms with E-state index in [2.05, 4.69) is 15.3 Å². The third kappa shape index (κ3) is 3.07. The number of nitrogens with one attached hydrogen (secondary N) is 1. The minimum absolute atomic E-state index is 0.125. The van der Waals surface area contributed by atoms with Crippen LogP contribution in [-0.4, -0.2) is 29.1 Å². The van der Waals surface area contributed by atoms with Gasteiger partial charge in [-0.15, -0.1) is 0 Å². The quantitative estimate of drug-likeness (QED) is 0.855. The highest BCUT2D eigenvalue weighted by atomic mass is 16.5. The first kappa shape index (κ1) is 16.6. The number of hydrogen-bond donors (Lipinski definition) is 1. The third-order valence-electron chi connectivity index (χ3n) is 6.05. The molecule has 136 valence electrons. The van der Waals surface area contributed by atoms with Gasteiger partial charge < -0.3 is 14.8 Å². The first-order valence-electron chi connectivity index (χ1n) is 9.56. The molecule has 0 unspecified atom stereocenters. The molecule has 4 fully saturated rings. The second-order valence-corrected chi connectivity index (χ2v) is 7.89. The summed E-state index contributed by atoms with van der Waals surface area (Å²) >= 11 is 0. The summed E-state index contributed by atoms with van der Waals surface area (Å²) < 4.78 is 10.9. The normalized spacial score (nSPS) is 32.5. The van der Waals surface area contributed by atoms with Crippen LogP contribution in [0.5, 0.6) is 11.9 Å². The van der Waals surface area contributed by atoms with Gasteiger partial charge in [-0.1, -0.05) is 0 Å². The van der Waals surface area contributed by atoms with Gasteiger partial charge in [0.25, 0.3) is 0 Å². The summed E-state index contributed by atoms with van der Waals surface area (Å²) in [5.41, 5.74) is 0.350. The molecule has 1 aromatic rings. The molecule has 0 aliphatic heterocycles. The molecule has 0 aromatic carbocycles. The molecule has 6 heteroatoms. The molecule has 4 aliphatic rings. The predicted octanol–water partition coefficient (Wildman–Crippen LogP) is 3.43. The van der Waals surface area contributed by atoms with Crippen LogP contribution < -0.4 is 14.8 Å². The molecule has 1 amide bonds. The van der Waals surface area contributed by atoms with Crippen LogP contribution in [0.4, 0.5) is 5.69 Å². The van der Waals surface area contributed by atoms with Crippen LogP contribution in [0.25, 0.3) is 0 Å². The van der Waals surface area contributed by atoms with Gasteiger partial charge in [-0.25, -0.2) is 4.98 Å². The summed E-state index contributed by atoms with van der Waals surface area (Å²) in [6.45, 7) is 4.74. The van der Waals surface area contributed by atoms with E-state index >= 15 is 0 Å². The van der Waals surface area contributed by atoms with Gasteiger partial charge in [-0.3, -0.25) is 4.79 Å². The Morgan fingerprint density at radius 2 is 1.72 bits per heavy atom. The summed E-state index contributed by atoms with van der Waals surface area (Å²) in [5.74, 6) is 2.72. The summed E-state index contributed by atoms with van der Waals surface area (Å²) in [7, 11) is 0. The van der Waals surface area contributed by atoms with E-state index in [-0.39, 0.29) is 17.3 Å². The van der Waals surface area contributed by atoms with Crippen molar-refractivity contribution in [3.05, 3.63) is 6.20 Å². The van der Waals surface area contributed by atoms with Crippen molar-refractivity contribution in [3.63, 3.8) is 0 Å². The van der Waals surface area contributed by atoms with Gasteiger partial charge in [0.2, 0.25) is 11.8 Å². The zero-order valence-electron chi connectivity index (χ0n) is 15.1. The van der Waals surface area contributed by atoms with E-state index in [1.54, 1.807) is 6.20 Å². The highest BCUT2D eigenvalue weighted by Gasteiger charge is 2.54. The lowest BCUT2D eigenvalue weighted by atomic mass is 9.49. The van der Waals surface area contributed by atoms with Gasteiger partial charge in [0.05, 0.1) is 24.8 Å². The molecule has 6 nitrogen and oxygen atoms in total. The van der Waals surface area contributed by atoms with Crippen LogP contribution in [0.3, 0.4) is 0 Å². The maximum absolute atomic E-state index is 13.2. The first-order valence-corrected chi connectivity index (χ1v) is 9.56. The number of carbonyl (C=O) groups is 1. The van der Waals surface area contributed by atoms with Gasteiger partial charge >= 0.3 is 6.01 Å². The Labute approximate surface area is 148 Å². The standard InChI is InChI=1S/C19H27N3O3/c1-3-24-16-15(11-20-18(22-16)25-4-2)21-17(23)19-8-12-5-13(9-19)7-14(6-12)10-19/h11-14H,3-10H2,1-2H3,(H,21,23). The van der Waals surface area contributed by atoms with Crippen molar-refractivity contribution < 1.29 is 14.3 Å². The second-order valence-electron chi connectivity index (χ2n) is 7.89. The fourth-order valence-corrected chi connectivity index (χ4v) is 5.53. The van der Waals surface area contributed by atoms with E-state index in [9.17, 15) is 4.79 Å². The number of rotatable bonds is 6. The number of aromatic nitrogens is 2. The first-order chi connectivity index (χ1) is 12.1. The fourth-order valence-electron chi connectivity index (χ4n) is 5.53. The zero-order chi connectivity index (χ0) is 17.4. The largest absolute Gasteiger partial charge is 0.476 e. The minimum Gasteiger partial charge on any atom is -0.476 e. The van der Waals surface area contributed by atoms with Crippen molar-refractivity contribution in [2.75, 3.05) is 18.5 Å². The van der Waals surface area contributed by atoms with Crippen molar-refractivity contribution in [1.29, 1.82) is 0 Å². The Balaban J connectivity index is 1.54. The van der Waals surface area contributed by atoms with Crippen LogP contribution in [-0.2, 0) is 4.79 Å². The van der Waals surface area contributed by atoms with E-state index < -0.39 is 0 Å². The number of ether oxygens (including phenoxy) is 2. The Kier molecular flexibility index (Phi) is 4.29. The van der Waals surface area contributed by atoms with E-state index in [4.69, 9.17) is 9.47 Å². The molecular weight excluding hydrogens is 318 g/mol. The van der Waals surface area contributed by atoms with Gasteiger partial charge in [-0.05, 0) is 70.1 Å². The predicted molar refractivity (Wildman–Crippen MR) is 93.6 cm³/mol. The van der Waals surface area contributed by atoms with Crippen LogP contribution in [0.1, 0.15) is 52.4 Å². The lowest BCUT2D eigenvalue weighted by Crippen LogP contribution is -2.51. The molecule has 5 rings (SSSR count). The van der Waals surface area contributed by atoms with Crippen LogP contribution in [0.15, 0.2) is 6.20 Å². The summed E-state index contributed by atoms with van der Waals surface area (Å²) in [6, 6.07) is 0.277.